The van der Waals surface area contributed by atoms with Crippen molar-refractivity contribution in [3.05, 3.63) is 11.5 Å². The highest BCUT2D eigenvalue weighted by atomic mass is 35.5. The fourth-order valence-corrected chi connectivity index (χ4v) is 4.01. The molecule has 0 N–H and O–H groups in total. The molecule has 0 bridgehead atoms. The number of piperazine rings is 1. The van der Waals surface area contributed by atoms with Crippen molar-refractivity contribution in [3.8, 4) is 0 Å². The van der Waals surface area contributed by atoms with E-state index in [9.17, 15) is 13.2 Å². The Morgan fingerprint density at radius 2 is 1.86 bits per heavy atom. The van der Waals surface area contributed by atoms with E-state index in [2.05, 4.69) is 4.98 Å². The lowest BCUT2D eigenvalue weighted by molar-refractivity contribution is -0.135. The third kappa shape index (κ3) is 3.07. The molecule has 1 aliphatic heterocycles. The van der Waals surface area contributed by atoms with E-state index in [4.69, 9.17) is 11.6 Å². The Labute approximate surface area is 129 Å². The molecule has 0 spiro atoms. The topological polar surface area (TPSA) is 75.5 Å². The van der Waals surface area contributed by atoms with Gasteiger partial charge in [0.05, 0.1) is 6.33 Å². The molecule has 7 nitrogen and oxygen atoms in total. The number of nitrogens with zero attached hydrogens (tertiary/aromatic N) is 4. The molecule has 1 amide bonds. The number of carbonyl (C=O) groups is 1. The number of carbonyl (C=O) groups excluding carboxylic acids is 1. The Balaban J connectivity index is 2.12. The number of aromatic nitrogens is 2. The van der Waals surface area contributed by atoms with Crippen LogP contribution in [0.25, 0.3) is 0 Å². The summed E-state index contributed by atoms with van der Waals surface area (Å²) < 4.78 is 27.8. The average Bonchev–Trinajstić information content (AvgIpc) is 2.78. The highest BCUT2D eigenvalue weighted by molar-refractivity contribution is 7.89. The van der Waals surface area contributed by atoms with Crippen molar-refractivity contribution >= 4 is 27.5 Å². The minimum absolute atomic E-state index is 0.0444. The first-order valence-corrected chi connectivity index (χ1v) is 8.52. The van der Waals surface area contributed by atoms with E-state index in [-0.39, 0.29) is 35.1 Å². The van der Waals surface area contributed by atoms with Gasteiger partial charge in [-0.3, -0.25) is 4.79 Å². The number of rotatable bonds is 3. The molecule has 0 atom stereocenters. The second-order valence-corrected chi connectivity index (χ2v) is 7.55. The molecule has 1 saturated heterocycles. The van der Waals surface area contributed by atoms with Crippen molar-refractivity contribution < 1.29 is 13.2 Å². The van der Waals surface area contributed by atoms with Gasteiger partial charge in [-0.25, -0.2) is 13.4 Å². The van der Waals surface area contributed by atoms with Crippen LogP contribution in [0.2, 0.25) is 5.15 Å². The highest BCUT2D eigenvalue weighted by Crippen LogP contribution is 2.23. The first-order valence-electron chi connectivity index (χ1n) is 6.71. The largest absolute Gasteiger partial charge is 0.340 e. The smallest absolute Gasteiger partial charge is 0.263 e. The molecule has 0 aromatic carbocycles. The summed E-state index contributed by atoms with van der Waals surface area (Å²) in [6, 6.07) is 0. The van der Waals surface area contributed by atoms with Crippen LogP contribution in [-0.2, 0) is 21.9 Å². The Hall–Kier alpha value is -1.12. The number of sulfonamides is 1. The molecule has 21 heavy (non-hydrogen) atoms. The second-order valence-electron chi connectivity index (χ2n) is 5.34. The van der Waals surface area contributed by atoms with E-state index in [1.165, 1.54) is 15.2 Å². The van der Waals surface area contributed by atoms with Crippen LogP contribution >= 0.6 is 11.6 Å². The number of amides is 1. The summed E-state index contributed by atoms with van der Waals surface area (Å²) in [5.41, 5.74) is 0. The minimum atomic E-state index is -3.71. The van der Waals surface area contributed by atoms with Crippen LogP contribution < -0.4 is 0 Å². The molecule has 2 heterocycles. The van der Waals surface area contributed by atoms with Gasteiger partial charge >= 0.3 is 0 Å². The standard InChI is InChI=1S/C12H19ClN4O3S/c1-9(2)12(18)16-4-6-17(7-5-16)21(19,20)11-10(13)15(3)8-14-11/h8-9H,4-7H2,1-3H3. The fourth-order valence-electron chi connectivity index (χ4n) is 2.20. The summed E-state index contributed by atoms with van der Waals surface area (Å²) in [7, 11) is -2.08. The zero-order valence-electron chi connectivity index (χ0n) is 12.3. The van der Waals surface area contributed by atoms with Gasteiger partial charge in [0.15, 0.2) is 0 Å². The number of imidazole rings is 1. The molecule has 1 aromatic heterocycles. The zero-order chi connectivity index (χ0) is 15.8. The van der Waals surface area contributed by atoms with Gasteiger partial charge in [-0.05, 0) is 0 Å². The third-order valence-corrected chi connectivity index (χ3v) is 5.85. The number of aryl methyl sites for hydroxylation is 1. The molecule has 118 valence electrons. The summed E-state index contributed by atoms with van der Waals surface area (Å²) >= 11 is 5.96. The van der Waals surface area contributed by atoms with Crippen molar-refractivity contribution in [3.63, 3.8) is 0 Å². The van der Waals surface area contributed by atoms with Crippen LogP contribution in [0, 0.1) is 5.92 Å². The Morgan fingerprint density at radius 1 is 1.29 bits per heavy atom. The van der Waals surface area contributed by atoms with Gasteiger partial charge in [0.2, 0.25) is 10.9 Å². The van der Waals surface area contributed by atoms with Crippen molar-refractivity contribution in [2.24, 2.45) is 13.0 Å². The number of hydrogen-bond donors (Lipinski definition) is 0. The lowest BCUT2D eigenvalue weighted by Crippen LogP contribution is -2.51. The van der Waals surface area contributed by atoms with E-state index in [1.54, 1.807) is 11.9 Å². The summed E-state index contributed by atoms with van der Waals surface area (Å²) in [5, 5.41) is -0.0361. The molecular formula is C12H19ClN4O3S. The van der Waals surface area contributed by atoms with Gasteiger partial charge in [-0.2, -0.15) is 4.31 Å². The van der Waals surface area contributed by atoms with Crippen LogP contribution in [0.5, 0.6) is 0 Å². The van der Waals surface area contributed by atoms with E-state index in [0.717, 1.165) is 0 Å². The molecule has 0 radical (unpaired) electrons. The first-order chi connectivity index (χ1) is 9.75. The van der Waals surface area contributed by atoms with Gasteiger partial charge < -0.3 is 9.47 Å². The molecular weight excluding hydrogens is 316 g/mol. The van der Waals surface area contributed by atoms with E-state index < -0.39 is 10.0 Å². The first kappa shape index (κ1) is 16.3. The van der Waals surface area contributed by atoms with Crippen LogP contribution in [0.4, 0.5) is 0 Å². The molecule has 1 aromatic rings. The van der Waals surface area contributed by atoms with Crippen LogP contribution in [0.3, 0.4) is 0 Å². The maximum absolute atomic E-state index is 12.5. The molecule has 1 fully saturated rings. The SMILES string of the molecule is CC(C)C(=O)N1CCN(S(=O)(=O)c2ncn(C)c2Cl)CC1. The molecule has 0 unspecified atom stereocenters. The minimum Gasteiger partial charge on any atom is -0.340 e. The Bertz CT molecular complexity index is 633. The van der Waals surface area contributed by atoms with Gasteiger partial charge in [0, 0.05) is 39.1 Å². The van der Waals surface area contributed by atoms with Crippen molar-refractivity contribution in [2.45, 2.75) is 18.9 Å². The highest BCUT2D eigenvalue weighted by Gasteiger charge is 2.33. The van der Waals surface area contributed by atoms with Crippen molar-refractivity contribution in [1.82, 2.24) is 18.8 Å². The molecule has 2 rings (SSSR count). The summed E-state index contributed by atoms with van der Waals surface area (Å²) in [6.45, 7) is 4.96. The number of hydrogen-bond acceptors (Lipinski definition) is 4. The van der Waals surface area contributed by atoms with Crippen LogP contribution in [0.1, 0.15) is 13.8 Å². The molecule has 0 saturated carbocycles. The predicted molar refractivity (Wildman–Crippen MR) is 78.4 cm³/mol. The van der Waals surface area contributed by atoms with Crippen LogP contribution in [-0.4, -0.2) is 59.3 Å². The number of halogens is 1. The monoisotopic (exact) mass is 334 g/mol. The summed E-state index contributed by atoms with van der Waals surface area (Å²) in [5.74, 6) is -0.0405. The van der Waals surface area contributed by atoms with Gasteiger partial charge in [-0.1, -0.05) is 25.4 Å². The normalized spacial score (nSPS) is 17.5. The quantitative estimate of drug-likeness (QED) is 0.809. The molecule has 1 aliphatic rings. The van der Waals surface area contributed by atoms with Crippen molar-refractivity contribution in [2.75, 3.05) is 26.2 Å². The average molecular weight is 335 g/mol. The predicted octanol–water partition coefficient (Wildman–Crippen LogP) is 0.562. The van der Waals surface area contributed by atoms with E-state index >= 15 is 0 Å². The Morgan fingerprint density at radius 3 is 2.29 bits per heavy atom. The second kappa shape index (κ2) is 5.94. The summed E-state index contributed by atoms with van der Waals surface area (Å²) in [4.78, 5) is 17.5. The maximum atomic E-state index is 12.5. The molecule has 9 heteroatoms. The lowest BCUT2D eigenvalue weighted by atomic mass is 10.2. The lowest BCUT2D eigenvalue weighted by Gasteiger charge is -2.34. The van der Waals surface area contributed by atoms with E-state index in [0.29, 0.717) is 13.1 Å². The zero-order valence-corrected chi connectivity index (χ0v) is 13.9. The van der Waals surface area contributed by atoms with E-state index in [1.807, 2.05) is 13.8 Å². The van der Waals surface area contributed by atoms with Crippen molar-refractivity contribution in [1.29, 1.82) is 0 Å². The maximum Gasteiger partial charge on any atom is 0.263 e. The molecule has 0 aliphatic carbocycles. The van der Waals surface area contributed by atoms with Gasteiger partial charge in [0.1, 0.15) is 5.15 Å². The fraction of sp³-hybridized carbons (Fsp3) is 0.667. The van der Waals surface area contributed by atoms with Gasteiger partial charge in [-0.15, -0.1) is 0 Å². The van der Waals surface area contributed by atoms with Crippen LogP contribution in [0.15, 0.2) is 11.4 Å². The third-order valence-electron chi connectivity index (χ3n) is 3.46. The summed E-state index contributed by atoms with van der Waals surface area (Å²) in [6.07, 6.45) is 1.37. The van der Waals surface area contributed by atoms with Gasteiger partial charge in [0.25, 0.3) is 10.0 Å². The Kier molecular flexibility index (Phi) is 4.60.